The van der Waals surface area contributed by atoms with E-state index in [-0.39, 0.29) is 0 Å². The van der Waals surface area contributed by atoms with Gasteiger partial charge in [-0.15, -0.1) is 0 Å². The number of nitrogens with two attached hydrogens (primary N) is 1. The molecule has 3 heterocycles. The quantitative estimate of drug-likeness (QED) is 0.663. The van der Waals surface area contributed by atoms with Gasteiger partial charge in [-0.3, -0.25) is 0 Å². The van der Waals surface area contributed by atoms with E-state index >= 15 is 0 Å². The highest BCUT2D eigenvalue weighted by Crippen LogP contribution is 2.30. The molecule has 0 fully saturated rings. The molecule has 0 aliphatic carbocycles. The number of rotatable bonds is 0. The Labute approximate surface area is 124 Å². The van der Waals surface area contributed by atoms with Crippen molar-refractivity contribution in [3.8, 4) is 0 Å². The van der Waals surface area contributed by atoms with Crippen molar-refractivity contribution in [2.45, 2.75) is 19.5 Å². The number of pyridine rings is 1. The summed E-state index contributed by atoms with van der Waals surface area (Å²) < 4.78 is 3.29. The molecule has 0 unspecified atom stereocenters. The monoisotopic (exact) mass is 331 g/mol. The zero-order valence-corrected chi connectivity index (χ0v) is 12.4. The van der Waals surface area contributed by atoms with Crippen LogP contribution in [0.1, 0.15) is 12.2 Å². The van der Waals surface area contributed by atoms with E-state index in [1.54, 1.807) is 0 Å². The van der Waals surface area contributed by atoms with Gasteiger partial charge in [0.15, 0.2) is 5.82 Å². The summed E-state index contributed by atoms with van der Waals surface area (Å²) >= 11 is 3.49. The van der Waals surface area contributed by atoms with Gasteiger partial charge >= 0.3 is 0 Å². The van der Waals surface area contributed by atoms with Crippen LogP contribution in [0.5, 0.6) is 0 Å². The number of hydrogen-bond acceptors (Lipinski definition) is 4. The SMILES string of the molecule is Nc1nc2cc(Br)ccc2c2c1nc1n2CCCNC1. The molecular weight excluding hydrogens is 318 g/mol. The number of aromatic nitrogens is 3. The zero-order chi connectivity index (χ0) is 13.7. The van der Waals surface area contributed by atoms with Gasteiger partial charge in [0.25, 0.3) is 0 Å². The lowest BCUT2D eigenvalue weighted by atomic mass is 10.2. The number of nitrogens with zero attached hydrogens (tertiary/aromatic N) is 3. The molecule has 3 N–H and O–H groups in total. The molecule has 2 aromatic heterocycles. The summed E-state index contributed by atoms with van der Waals surface area (Å²) in [5.74, 6) is 1.55. The second-order valence-corrected chi connectivity index (χ2v) is 5.98. The fourth-order valence-corrected chi connectivity index (χ4v) is 3.22. The Morgan fingerprint density at radius 1 is 1.30 bits per heavy atom. The third-order valence-corrected chi connectivity index (χ3v) is 4.26. The zero-order valence-electron chi connectivity index (χ0n) is 10.9. The summed E-state index contributed by atoms with van der Waals surface area (Å²) in [4.78, 5) is 9.17. The van der Waals surface area contributed by atoms with E-state index in [1.165, 1.54) is 0 Å². The Hall–Kier alpha value is -1.66. The van der Waals surface area contributed by atoms with Crippen LogP contribution in [-0.4, -0.2) is 21.1 Å². The number of fused-ring (bicyclic) bond motifs is 5. The fourth-order valence-electron chi connectivity index (χ4n) is 2.87. The number of halogens is 1. The average molecular weight is 332 g/mol. The molecule has 102 valence electrons. The van der Waals surface area contributed by atoms with Crippen molar-refractivity contribution in [1.82, 2.24) is 19.9 Å². The molecule has 1 aliphatic heterocycles. The summed E-state index contributed by atoms with van der Waals surface area (Å²) in [6, 6.07) is 6.12. The van der Waals surface area contributed by atoms with Crippen molar-refractivity contribution in [2.24, 2.45) is 0 Å². The number of hydrogen-bond donors (Lipinski definition) is 2. The lowest BCUT2D eigenvalue weighted by Crippen LogP contribution is -2.12. The molecule has 1 aromatic carbocycles. The standard InChI is InChI=1S/C14H14BrN5/c15-8-2-3-9-10(6-8)18-14(16)12-13(9)20-5-1-4-17-7-11(20)19-12/h2-3,6,17H,1,4-5,7H2,(H2,16,18). The third kappa shape index (κ3) is 1.72. The molecule has 0 spiro atoms. The van der Waals surface area contributed by atoms with Crippen LogP contribution in [0, 0.1) is 0 Å². The van der Waals surface area contributed by atoms with Crippen LogP contribution >= 0.6 is 15.9 Å². The largest absolute Gasteiger partial charge is 0.382 e. The first kappa shape index (κ1) is 12.1. The van der Waals surface area contributed by atoms with E-state index in [0.29, 0.717) is 5.82 Å². The van der Waals surface area contributed by atoms with E-state index in [1.807, 2.05) is 12.1 Å². The van der Waals surface area contributed by atoms with Crippen molar-refractivity contribution >= 4 is 43.7 Å². The molecule has 6 heteroatoms. The second kappa shape index (κ2) is 4.43. The maximum Gasteiger partial charge on any atom is 0.152 e. The normalized spacial score (nSPS) is 15.4. The lowest BCUT2D eigenvalue weighted by Gasteiger charge is -2.07. The molecule has 0 saturated carbocycles. The smallest absolute Gasteiger partial charge is 0.152 e. The summed E-state index contributed by atoms with van der Waals surface area (Å²) in [6.07, 6.45) is 1.10. The van der Waals surface area contributed by atoms with Crippen molar-refractivity contribution in [3.63, 3.8) is 0 Å². The minimum absolute atomic E-state index is 0.506. The number of nitrogen functional groups attached to an aromatic ring is 1. The van der Waals surface area contributed by atoms with Crippen LogP contribution < -0.4 is 11.1 Å². The van der Waals surface area contributed by atoms with E-state index < -0.39 is 0 Å². The maximum atomic E-state index is 6.10. The molecule has 5 nitrogen and oxygen atoms in total. The molecule has 3 aromatic rings. The van der Waals surface area contributed by atoms with Crippen molar-refractivity contribution in [3.05, 3.63) is 28.5 Å². The van der Waals surface area contributed by atoms with Crippen molar-refractivity contribution < 1.29 is 0 Å². The second-order valence-electron chi connectivity index (χ2n) is 5.07. The van der Waals surface area contributed by atoms with Gasteiger partial charge in [-0.05, 0) is 31.2 Å². The Bertz CT molecular complexity index is 823. The Balaban J connectivity index is 2.15. The van der Waals surface area contributed by atoms with E-state index in [2.05, 4.69) is 41.8 Å². The Morgan fingerprint density at radius 2 is 2.20 bits per heavy atom. The lowest BCUT2D eigenvalue weighted by molar-refractivity contribution is 0.654. The summed E-state index contributed by atoms with van der Waals surface area (Å²) in [6.45, 7) is 2.77. The van der Waals surface area contributed by atoms with Crippen LogP contribution in [0.15, 0.2) is 22.7 Å². The van der Waals surface area contributed by atoms with Gasteiger partial charge in [0, 0.05) is 16.4 Å². The van der Waals surface area contributed by atoms with Crippen molar-refractivity contribution in [2.75, 3.05) is 12.3 Å². The molecule has 20 heavy (non-hydrogen) atoms. The summed E-state index contributed by atoms with van der Waals surface area (Å²) in [7, 11) is 0. The molecule has 0 atom stereocenters. The van der Waals surface area contributed by atoms with Gasteiger partial charge < -0.3 is 15.6 Å². The molecule has 0 bridgehead atoms. The van der Waals surface area contributed by atoms with Gasteiger partial charge in [-0.25, -0.2) is 9.97 Å². The molecule has 1 aliphatic rings. The first-order valence-electron chi connectivity index (χ1n) is 6.68. The van der Waals surface area contributed by atoms with Gasteiger partial charge in [-0.1, -0.05) is 15.9 Å². The molecular formula is C14H14BrN5. The highest BCUT2D eigenvalue weighted by Gasteiger charge is 2.18. The van der Waals surface area contributed by atoms with Crippen LogP contribution in [0.2, 0.25) is 0 Å². The predicted molar refractivity (Wildman–Crippen MR) is 83.5 cm³/mol. The molecule has 0 saturated heterocycles. The van der Waals surface area contributed by atoms with Crippen molar-refractivity contribution in [1.29, 1.82) is 0 Å². The maximum absolute atomic E-state index is 6.10. The van der Waals surface area contributed by atoms with Gasteiger partial charge in [-0.2, -0.15) is 0 Å². The minimum atomic E-state index is 0.506. The third-order valence-electron chi connectivity index (χ3n) is 3.76. The number of aryl methyl sites for hydroxylation is 1. The van der Waals surface area contributed by atoms with Crippen LogP contribution in [-0.2, 0) is 13.1 Å². The van der Waals surface area contributed by atoms with Crippen LogP contribution in [0.3, 0.4) is 0 Å². The van der Waals surface area contributed by atoms with Gasteiger partial charge in [0.05, 0.1) is 17.6 Å². The summed E-state index contributed by atoms with van der Waals surface area (Å²) in [5.41, 5.74) is 8.94. The van der Waals surface area contributed by atoms with E-state index in [0.717, 1.165) is 58.3 Å². The average Bonchev–Trinajstić information content (AvgIpc) is 2.63. The topological polar surface area (TPSA) is 68.8 Å². The van der Waals surface area contributed by atoms with E-state index in [9.17, 15) is 0 Å². The Morgan fingerprint density at radius 3 is 3.10 bits per heavy atom. The van der Waals surface area contributed by atoms with Crippen LogP contribution in [0.4, 0.5) is 5.82 Å². The highest BCUT2D eigenvalue weighted by molar-refractivity contribution is 9.10. The number of nitrogens with one attached hydrogen (secondary N) is 1. The summed E-state index contributed by atoms with van der Waals surface area (Å²) in [5, 5.41) is 4.50. The number of imidazole rings is 1. The van der Waals surface area contributed by atoms with E-state index in [4.69, 9.17) is 5.73 Å². The molecule has 4 rings (SSSR count). The molecule has 0 amide bonds. The first-order chi connectivity index (χ1) is 9.74. The minimum Gasteiger partial charge on any atom is -0.382 e. The number of anilines is 1. The number of benzene rings is 1. The van der Waals surface area contributed by atoms with Gasteiger partial charge in [0.2, 0.25) is 0 Å². The fraction of sp³-hybridized carbons (Fsp3) is 0.286. The first-order valence-corrected chi connectivity index (χ1v) is 7.48. The van der Waals surface area contributed by atoms with Gasteiger partial charge in [0.1, 0.15) is 11.3 Å². The van der Waals surface area contributed by atoms with Crippen LogP contribution in [0.25, 0.3) is 21.9 Å². The predicted octanol–water partition coefficient (Wildman–Crippen LogP) is 2.42. The molecule has 0 radical (unpaired) electrons. The highest BCUT2D eigenvalue weighted by atomic mass is 79.9. The Kier molecular flexibility index (Phi) is 2.68.